The van der Waals surface area contributed by atoms with Gasteiger partial charge in [0.15, 0.2) is 0 Å². The molecule has 0 aliphatic heterocycles. The van der Waals surface area contributed by atoms with Gasteiger partial charge in [0.2, 0.25) is 0 Å². The first kappa shape index (κ1) is 16.2. The lowest BCUT2D eigenvalue weighted by atomic mass is 9.96. The van der Waals surface area contributed by atoms with Crippen LogP contribution in [0.2, 0.25) is 5.02 Å². The maximum atomic E-state index is 12.6. The Morgan fingerprint density at radius 3 is 2.68 bits per heavy atom. The largest absolute Gasteiger partial charge is 0.506 e. The van der Waals surface area contributed by atoms with Crippen LogP contribution in [0, 0.1) is 0 Å². The molecule has 0 fully saturated rings. The molecule has 4 rings (SSSR count). The molecular weight excluding hydrogens is 360 g/mol. The van der Waals surface area contributed by atoms with Gasteiger partial charge in [0, 0.05) is 15.6 Å². The van der Waals surface area contributed by atoms with Gasteiger partial charge >= 0.3 is 0 Å². The fourth-order valence-corrected chi connectivity index (χ4v) is 4.65. The number of amides is 1. The number of anilines is 1. The van der Waals surface area contributed by atoms with Gasteiger partial charge in [-0.2, -0.15) is 0 Å². The lowest BCUT2D eigenvalue weighted by molar-refractivity contribution is 0.102. The van der Waals surface area contributed by atoms with Crippen LogP contribution in [0.3, 0.4) is 0 Å². The first-order valence-electron chi connectivity index (χ1n) is 8.01. The molecule has 1 aliphatic carbocycles. The molecule has 0 spiro atoms. The number of aromatic amines is 1. The number of rotatable bonds is 2. The quantitative estimate of drug-likeness (QED) is 0.632. The van der Waals surface area contributed by atoms with Crippen LogP contribution in [-0.4, -0.2) is 16.0 Å². The molecule has 0 radical (unpaired) electrons. The highest BCUT2D eigenvalue weighted by Gasteiger charge is 2.25. The predicted molar refractivity (Wildman–Crippen MR) is 100 cm³/mol. The Kier molecular flexibility index (Phi) is 4.01. The summed E-state index contributed by atoms with van der Waals surface area (Å²) in [6.07, 6.45) is 3.95. The molecule has 5 nitrogen and oxygen atoms in total. The van der Waals surface area contributed by atoms with Crippen molar-refractivity contribution in [2.45, 2.75) is 25.7 Å². The summed E-state index contributed by atoms with van der Waals surface area (Å²) in [6.45, 7) is 0. The predicted octanol–water partition coefficient (Wildman–Crippen LogP) is 4.08. The van der Waals surface area contributed by atoms with Crippen LogP contribution < -0.4 is 10.9 Å². The minimum Gasteiger partial charge on any atom is -0.506 e. The molecule has 0 saturated carbocycles. The second kappa shape index (κ2) is 6.20. The van der Waals surface area contributed by atoms with Gasteiger partial charge in [0.1, 0.15) is 16.1 Å². The number of H-pyrrole nitrogens is 1. The normalized spacial score (nSPS) is 13.6. The van der Waals surface area contributed by atoms with Crippen molar-refractivity contribution in [3.63, 3.8) is 0 Å². The summed E-state index contributed by atoms with van der Waals surface area (Å²) in [6, 6.07) is 6.55. The Labute approximate surface area is 152 Å². The van der Waals surface area contributed by atoms with E-state index in [9.17, 15) is 14.7 Å². The van der Waals surface area contributed by atoms with E-state index in [1.165, 1.54) is 16.2 Å². The lowest BCUT2D eigenvalue weighted by Crippen LogP contribution is -2.23. The maximum absolute atomic E-state index is 12.6. The van der Waals surface area contributed by atoms with Crippen LogP contribution in [0.25, 0.3) is 10.2 Å². The van der Waals surface area contributed by atoms with Gasteiger partial charge in [-0.05, 0) is 55.5 Å². The number of hydrogen-bond donors (Lipinski definition) is 3. The van der Waals surface area contributed by atoms with E-state index in [0.29, 0.717) is 20.9 Å². The molecular formula is C18H15ClN2O3S. The van der Waals surface area contributed by atoms with E-state index < -0.39 is 11.5 Å². The number of aryl methyl sites for hydroxylation is 2. The number of benzene rings is 1. The highest BCUT2D eigenvalue weighted by Crippen LogP contribution is 2.40. The van der Waals surface area contributed by atoms with E-state index in [2.05, 4.69) is 10.3 Å². The summed E-state index contributed by atoms with van der Waals surface area (Å²) in [7, 11) is 0. The third-order valence-electron chi connectivity index (χ3n) is 4.43. The number of carbonyl (C=O) groups is 1. The van der Waals surface area contributed by atoms with E-state index in [0.717, 1.165) is 31.2 Å². The average molecular weight is 375 g/mol. The standard InChI is InChI=1S/C18H15ClN2O3S/c19-9-5-7-10(8-6-9)20-16(23)14-15(22)13-11-3-1-2-4-12(11)25-18(13)21-17(14)24/h5-8H,1-4H2,(H,20,23)(H2,21,22,24). The van der Waals surface area contributed by atoms with Gasteiger partial charge in [-0.15, -0.1) is 11.3 Å². The number of fused-ring (bicyclic) bond motifs is 3. The van der Waals surface area contributed by atoms with Gasteiger partial charge in [-0.3, -0.25) is 9.59 Å². The number of pyridine rings is 1. The summed E-state index contributed by atoms with van der Waals surface area (Å²) in [4.78, 5) is 29.5. The van der Waals surface area contributed by atoms with Crippen molar-refractivity contribution in [3.05, 3.63) is 55.6 Å². The van der Waals surface area contributed by atoms with Crippen molar-refractivity contribution in [1.82, 2.24) is 4.98 Å². The molecule has 1 aliphatic rings. The Morgan fingerprint density at radius 1 is 1.20 bits per heavy atom. The summed E-state index contributed by atoms with van der Waals surface area (Å²) < 4.78 is 0. The van der Waals surface area contributed by atoms with Gasteiger partial charge in [-0.25, -0.2) is 0 Å². The highest BCUT2D eigenvalue weighted by atomic mass is 35.5. The molecule has 2 heterocycles. The lowest BCUT2D eigenvalue weighted by Gasteiger charge is -2.11. The van der Waals surface area contributed by atoms with Crippen molar-refractivity contribution in [1.29, 1.82) is 0 Å². The zero-order valence-electron chi connectivity index (χ0n) is 13.2. The summed E-state index contributed by atoms with van der Waals surface area (Å²) >= 11 is 7.32. The monoisotopic (exact) mass is 374 g/mol. The van der Waals surface area contributed by atoms with Crippen LogP contribution in [0.15, 0.2) is 29.1 Å². The van der Waals surface area contributed by atoms with Gasteiger partial charge in [0.05, 0.1) is 5.39 Å². The smallest absolute Gasteiger partial charge is 0.265 e. The third-order valence-corrected chi connectivity index (χ3v) is 5.89. The molecule has 128 valence electrons. The van der Waals surface area contributed by atoms with E-state index >= 15 is 0 Å². The Bertz CT molecular complexity index is 1040. The molecule has 3 N–H and O–H groups in total. The molecule has 0 bridgehead atoms. The zero-order chi connectivity index (χ0) is 17.6. The maximum Gasteiger partial charge on any atom is 0.265 e. The first-order chi connectivity index (χ1) is 12.0. The highest BCUT2D eigenvalue weighted by molar-refractivity contribution is 7.18. The Morgan fingerprint density at radius 2 is 1.92 bits per heavy atom. The van der Waals surface area contributed by atoms with Crippen molar-refractivity contribution >= 4 is 44.7 Å². The summed E-state index contributed by atoms with van der Waals surface area (Å²) in [5.74, 6) is -0.872. The molecule has 1 amide bonds. The van der Waals surface area contributed by atoms with Gasteiger partial charge in [-0.1, -0.05) is 11.6 Å². The Hall–Kier alpha value is -2.31. The van der Waals surface area contributed by atoms with E-state index in [1.54, 1.807) is 24.3 Å². The molecule has 0 atom stereocenters. The topological polar surface area (TPSA) is 82.2 Å². The van der Waals surface area contributed by atoms with Crippen molar-refractivity contribution in [3.8, 4) is 5.75 Å². The number of carbonyl (C=O) groups excluding carboxylic acids is 1. The van der Waals surface area contributed by atoms with E-state index in [4.69, 9.17) is 11.6 Å². The SMILES string of the molecule is O=C(Nc1ccc(Cl)cc1)c1c(O)c2c3c(sc2[nH]c1=O)CCCC3. The van der Waals surface area contributed by atoms with Gasteiger partial charge in [0.25, 0.3) is 11.5 Å². The van der Waals surface area contributed by atoms with Crippen LogP contribution in [0.5, 0.6) is 5.75 Å². The fourth-order valence-electron chi connectivity index (χ4n) is 3.24. The number of halogens is 1. The second-order valence-corrected chi connectivity index (χ2v) is 7.60. The summed E-state index contributed by atoms with van der Waals surface area (Å²) in [5, 5.41) is 14.5. The van der Waals surface area contributed by atoms with E-state index in [1.807, 2.05) is 0 Å². The number of thiophene rings is 1. The molecule has 2 aromatic heterocycles. The number of aromatic nitrogens is 1. The fraction of sp³-hybridized carbons (Fsp3) is 0.222. The van der Waals surface area contributed by atoms with Crippen molar-refractivity contribution in [2.75, 3.05) is 5.32 Å². The van der Waals surface area contributed by atoms with Crippen molar-refractivity contribution < 1.29 is 9.90 Å². The van der Waals surface area contributed by atoms with E-state index in [-0.39, 0.29) is 11.3 Å². The second-order valence-electron chi connectivity index (χ2n) is 6.05. The van der Waals surface area contributed by atoms with Crippen LogP contribution >= 0.6 is 22.9 Å². The molecule has 25 heavy (non-hydrogen) atoms. The number of hydrogen-bond acceptors (Lipinski definition) is 4. The molecule has 1 aromatic carbocycles. The van der Waals surface area contributed by atoms with Crippen LogP contribution in [0.4, 0.5) is 5.69 Å². The summed E-state index contributed by atoms with van der Waals surface area (Å²) in [5.41, 5.74) is 0.713. The molecule has 0 saturated heterocycles. The molecule has 3 aromatic rings. The third kappa shape index (κ3) is 2.81. The minimum atomic E-state index is -0.640. The molecule has 0 unspecified atom stereocenters. The van der Waals surface area contributed by atoms with Crippen molar-refractivity contribution in [2.24, 2.45) is 0 Å². The molecule has 7 heteroatoms. The van der Waals surface area contributed by atoms with Gasteiger partial charge < -0.3 is 15.4 Å². The zero-order valence-corrected chi connectivity index (χ0v) is 14.8. The minimum absolute atomic E-state index is 0.232. The number of nitrogens with one attached hydrogen (secondary N) is 2. The first-order valence-corrected chi connectivity index (χ1v) is 9.20. The van der Waals surface area contributed by atoms with Crippen LogP contribution in [0.1, 0.15) is 33.6 Å². The Balaban J connectivity index is 1.79. The average Bonchev–Trinajstić information content (AvgIpc) is 2.95. The number of aromatic hydroxyl groups is 1. The van der Waals surface area contributed by atoms with Crippen LogP contribution in [-0.2, 0) is 12.8 Å².